The Labute approximate surface area is 158 Å². The molecule has 27 heavy (non-hydrogen) atoms. The maximum absolute atomic E-state index is 13.1. The van der Waals surface area contributed by atoms with Crippen LogP contribution in [0.1, 0.15) is 34.3 Å². The Morgan fingerprint density at radius 2 is 1.56 bits per heavy atom. The molecule has 5 nitrogen and oxygen atoms in total. The summed E-state index contributed by atoms with van der Waals surface area (Å²) in [5.41, 5.74) is 2.10. The van der Waals surface area contributed by atoms with E-state index in [1.54, 1.807) is 13.0 Å². The Bertz CT molecular complexity index is 872. The molecule has 0 saturated heterocycles. The van der Waals surface area contributed by atoms with E-state index >= 15 is 0 Å². The predicted octanol–water partition coefficient (Wildman–Crippen LogP) is 4.03. The number of aromatic nitrogens is 1. The van der Waals surface area contributed by atoms with Gasteiger partial charge in [0.05, 0.1) is 18.1 Å². The third-order valence-corrected chi connectivity index (χ3v) is 4.05. The highest BCUT2D eigenvalue weighted by Gasteiger charge is 2.23. The van der Waals surface area contributed by atoms with Crippen molar-refractivity contribution in [3.8, 4) is 0 Å². The molecule has 0 bridgehead atoms. The van der Waals surface area contributed by atoms with E-state index in [-0.39, 0.29) is 12.5 Å². The number of carbonyl (C=O) groups is 2. The molecule has 0 saturated carbocycles. The summed E-state index contributed by atoms with van der Waals surface area (Å²) in [5.74, 6) is -0.846. The number of anilines is 1. The van der Waals surface area contributed by atoms with Crippen molar-refractivity contribution in [2.45, 2.75) is 12.8 Å². The molecule has 0 aliphatic rings. The van der Waals surface area contributed by atoms with Crippen molar-refractivity contribution in [2.24, 2.45) is 0 Å². The number of nitrogens with one attached hydrogen (secondary N) is 1. The second-order valence-corrected chi connectivity index (χ2v) is 5.89. The van der Waals surface area contributed by atoms with E-state index in [9.17, 15) is 9.59 Å². The Balaban J connectivity index is 1.88. The number of amides is 1. The summed E-state index contributed by atoms with van der Waals surface area (Å²) < 4.78 is 4.99. The fourth-order valence-electron chi connectivity index (χ4n) is 2.82. The zero-order valence-electron chi connectivity index (χ0n) is 15.0. The molecule has 136 valence electrons. The van der Waals surface area contributed by atoms with Crippen LogP contribution in [0.2, 0.25) is 0 Å². The Kier molecular flexibility index (Phi) is 5.94. The molecular formula is C22H20N2O3. The van der Waals surface area contributed by atoms with E-state index in [4.69, 9.17) is 4.74 Å². The first-order valence-corrected chi connectivity index (χ1v) is 8.73. The lowest BCUT2D eigenvalue weighted by Crippen LogP contribution is -2.23. The summed E-state index contributed by atoms with van der Waals surface area (Å²) in [4.78, 5) is 29.1. The molecule has 1 heterocycles. The number of hydrogen-bond donors (Lipinski definition) is 1. The first-order chi connectivity index (χ1) is 13.2. The van der Waals surface area contributed by atoms with Gasteiger partial charge in [-0.1, -0.05) is 60.7 Å². The zero-order chi connectivity index (χ0) is 19.1. The molecule has 0 spiro atoms. The number of carbonyl (C=O) groups excluding carboxylic acids is 2. The SMILES string of the molecule is CCOC(=O)c1ccnc(NC(=O)C(c2ccccc2)c2ccccc2)c1. The van der Waals surface area contributed by atoms with Crippen LogP contribution < -0.4 is 5.32 Å². The van der Waals surface area contributed by atoms with Gasteiger partial charge >= 0.3 is 5.97 Å². The normalized spacial score (nSPS) is 10.4. The summed E-state index contributed by atoms with van der Waals surface area (Å²) in [6, 6.07) is 22.2. The number of nitrogens with zero attached hydrogens (tertiary/aromatic N) is 1. The molecule has 0 aliphatic heterocycles. The average Bonchev–Trinajstić information content (AvgIpc) is 2.70. The lowest BCUT2D eigenvalue weighted by atomic mass is 9.90. The highest BCUT2D eigenvalue weighted by atomic mass is 16.5. The third-order valence-electron chi connectivity index (χ3n) is 4.05. The van der Waals surface area contributed by atoms with E-state index in [1.807, 2.05) is 60.7 Å². The van der Waals surface area contributed by atoms with Gasteiger partial charge in [-0.25, -0.2) is 9.78 Å². The second-order valence-electron chi connectivity index (χ2n) is 5.89. The zero-order valence-corrected chi connectivity index (χ0v) is 15.0. The van der Waals surface area contributed by atoms with E-state index in [0.717, 1.165) is 11.1 Å². The molecule has 0 fully saturated rings. The van der Waals surface area contributed by atoms with E-state index in [1.165, 1.54) is 12.3 Å². The van der Waals surface area contributed by atoms with Gasteiger partial charge in [0.15, 0.2) is 0 Å². The summed E-state index contributed by atoms with van der Waals surface area (Å²) in [6.07, 6.45) is 1.47. The Morgan fingerprint density at radius 1 is 0.963 bits per heavy atom. The number of benzene rings is 2. The van der Waals surface area contributed by atoms with Crippen molar-refractivity contribution in [3.63, 3.8) is 0 Å². The molecule has 1 aromatic heterocycles. The van der Waals surface area contributed by atoms with Gasteiger partial charge < -0.3 is 10.1 Å². The van der Waals surface area contributed by atoms with Crippen LogP contribution in [-0.4, -0.2) is 23.5 Å². The van der Waals surface area contributed by atoms with Crippen LogP contribution in [0.25, 0.3) is 0 Å². The van der Waals surface area contributed by atoms with Crippen LogP contribution in [0.5, 0.6) is 0 Å². The Hall–Kier alpha value is -3.47. The minimum Gasteiger partial charge on any atom is -0.462 e. The number of esters is 1. The minimum atomic E-state index is -0.486. The molecule has 3 rings (SSSR count). The van der Waals surface area contributed by atoms with Crippen molar-refractivity contribution in [1.29, 1.82) is 0 Å². The van der Waals surface area contributed by atoms with Crippen molar-refractivity contribution in [3.05, 3.63) is 95.7 Å². The monoisotopic (exact) mass is 360 g/mol. The van der Waals surface area contributed by atoms with Crippen LogP contribution in [0.3, 0.4) is 0 Å². The van der Waals surface area contributed by atoms with Gasteiger partial charge in [0, 0.05) is 6.20 Å². The lowest BCUT2D eigenvalue weighted by Gasteiger charge is -2.17. The van der Waals surface area contributed by atoms with Crippen LogP contribution >= 0.6 is 0 Å². The van der Waals surface area contributed by atoms with E-state index in [2.05, 4.69) is 10.3 Å². The predicted molar refractivity (Wildman–Crippen MR) is 104 cm³/mol. The fourth-order valence-corrected chi connectivity index (χ4v) is 2.82. The van der Waals surface area contributed by atoms with Crippen LogP contribution in [0.15, 0.2) is 79.0 Å². The second kappa shape index (κ2) is 8.76. The summed E-state index contributed by atoms with van der Waals surface area (Å²) >= 11 is 0. The lowest BCUT2D eigenvalue weighted by molar-refractivity contribution is -0.116. The largest absolute Gasteiger partial charge is 0.462 e. The maximum Gasteiger partial charge on any atom is 0.338 e. The van der Waals surface area contributed by atoms with Gasteiger partial charge in [-0.15, -0.1) is 0 Å². The van der Waals surface area contributed by atoms with Crippen LogP contribution in [0, 0.1) is 0 Å². The summed E-state index contributed by atoms with van der Waals surface area (Å²) in [6.45, 7) is 2.03. The smallest absolute Gasteiger partial charge is 0.338 e. The average molecular weight is 360 g/mol. The summed E-state index contributed by atoms with van der Waals surface area (Å²) in [5, 5.41) is 2.82. The third kappa shape index (κ3) is 4.58. The number of pyridine rings is 1. The first-order valence-electron chi connectivity index (χ1n) is 8.73. The molecule has 0 unspecified atom stereocenters. The molecular weight excluding hydrogens is 340 g/mol. The van der Waals surface area contributed by atoms with Gasteiger partial charge in [0.2, 0.25) is 5.91 Å². The number of hydrogen-bond acceptors (Lipinski definition) is 4. The molecule has 2 aromatic carbocycles. The number of ether oxygens (including phenoxy) is 1. The van der Waals surface area contributed by atoms with Crippen molar-refractivity contribution < 1.29 is 14.3 Å². The maximum atomic E-state index is 13.1. The Morgan fingerprint density at radius 3 is 2.11 bits per heavy atom. The standard InChI is InChI=1S/C22H20N2O3/c1-2-27-22(26)18-13-14-23-19(15-18)24-21(25)20(16-9-5-3-6-10-16)17-11-7-4-8-12-17/h3-15,20H,2H2,1H3,(H,23,24,25). The first kappa shape index (κ1) is 18.3. The van der Waals surface area contributed by atoms with Crippen molar-refractivity contribution in [2.75, 3.05) is 11.9 Å². The van der Waals surface area contributed by atoms with Crippen LogP contribution in [0.4, 0.5) is 5.82 Å². The topological polar surface area (TPSA) is 68.3 Å². The van der Waals surface area contributed by atoms with Crippen molar-refractivity contribution in [1.82, 2.24) is 4.98 Å². The van der Waals surface area contributed by atoms with Gasteiger partial charge in [-0.05, 0) is 30.2 Å². The number of rotatable bonds is 6. The summed E-state index contributed by atoms with van der Waals surface area (Å²) in [7, 11) is 0. The highest BCUT2D eigenvalue weighted by molar-refractivity contribution is 5.98. The molecule has 5 heteroatoms. The van der Waals surface area contributed by atoms with Crippen molar-refractivity contribution >= 4 is 17.7 Å². The van der Waals surface area contributed by atoms with Gasteiger partial charge in [-0.2, -0.15) is 0 Å². The van der Waals surface area contributed by atoms with Gasteiger partial charge in [0.1, 0.15) is 5.82 Å². The quantitative estimate of drug-likeness (QED) is 0.674. The van der Waals surface area contributed by atoms with E-state index in [0.29, 0.717) is 11.4 Å². The molecule has 1 amide bonds. The highest BCUT2D eigenvalue weighted by Crippen LogP contribution is 2.26. The molecule has 1 N–H and O–H groups in total. The molecule has 0 atom stereocenters. The van der Waals surface area contributed by atoms with E-state index < -0.39 is 11.9 Å². The van der Waals surface area contributed by atoms with Gasteiger partial charge in [-0.3, -0.25) is 4.79 Å². The fraction of sp³-hybridized carbons (Fsp3) is 0.136. The molecule has 3 aromatic rings. The molecule has 0 aliphatic carbocycles. The van der Waals surface area contributed by atoms with Gasteiger partial charge in [0.25, 0.3) is 0 Å². The van der Waals surface area contributed by atoms with Crippen LogP contribution in [-0.2, 0) is 9.53 Å². The minimum absolute atomic E-state index is 0.221. The molecule has 0 radical (unpaired) electrons.